The average molecular weight is 267 g/mol. The zero-order valence-corrected chi connectivity index (χ0v) is 11.6. The highest BCUT2D eigenvalue weighted by Gasteiger charge is 2.04. The summed E-state index contributed by atoms with van der Waals surface area (Å²) in [7, 11) is 0. The number of rotatable bonds is 4. The van der Waals surface area contributed by atoms with Gasteiger partial charge in [0.25, 0.3) is 0 Å². The molecule has 1 aromatic carbocycles. The van der Waals surface area contributed by atoms with Crippen molar-refractivity contribution < 1.29 is 0 Å². The third-order valence-corrected chi connectivity index (χ3v) is 3.44. The van der Waals surface area contributed by atoms with Gasteiger partial charge in [-0.25, -0.2) is 4.98 Å². The van der Waals surface area contributed by atoms with Crippen LogP contribution in [0.25, 0.3) is 10.9 Å². The van der Waals surface area contributed by atoms with E-state index in [1.54, 1.807) is 0 Å². The molecule has 0 radical (unpaired) electrons. The Hall–Kier alpha value is -2.43. The van der Waals surface area contributed by atoms with Crippen LogP contribution >= 0.6 is 0 Å². The minimum atomic E-state index is 0.591. The van der Waals surface area contributed by atoms with Crippen LogP contribution in [-0.4, -0.2) is 26.7 Å². The van der Waals surface area contributed by atoms with E-state index in [1.807, 2.05) is 19.9 Å². The van der Waals surface area contributed by atoms with E-state index in [1.165, 1.54) is 16.5 Å². The van der Waals surface area contributed by atoms with Crippen molar-refractivity contribution >= 4 is 16.9 Å². The van der Waals surface area contributed by atoms with Crippen molar-refractivity contribution in [2.24, 2.45) is 0 Å². The van der Waals surface area contributed by atoms with Gasteiger partial charge in [0.1, 0.15) is 0 Å². The summed E-state index contributed by atoms with van der Waals surface area (Å²) in [5, 5.41) is 12.6. The van der Waals surface area contributed by atoms with Gasteiger partial charge in [-0.2, -0.15) is 5.10 Å². The molecule has 0 aliphatic rings. The van der Waals surface area contributed by atoms with Gasteiger partial charge in [0.15, 0.2) is 0 Å². The van der Waals surface area contributed by atoms with Gasteiger partial charge >= 0.3 is 0 Å². The molecule has 0 aliphatic carbocycles. The van der Waals surface area contributed by atoms with Crippen LogP contribution in [-0.2, 0) is 6.42 Å². The Morgan fingerprint density at radius 1 is 1.10 bits per heavy atom. The number of aryl methyl sites for hydroxylation is 2. The third kappa shape index (κ3) is 2.47. The smallest absolute Gasteiger partial charge is 0.242 e. The zero-order valence-electron chi connectivity index (χ0n) is 11.6. The van der Waals surface area contributed by atoms with E-state index >= 15 is 0 Å². The molecule has 5 heteroatoms. The number of hydrogen-bond acceptors (Lipinski definition) is 4. The van der Waals surface area contributed by atoms with E-state index < -0.39 is 0 Å². The molecule has 3 rings (SSSR count). The maximum atomic E-state index is 4.36. The largest absolute Gasteiger partial charge is 0.361 e. The molecule has 2 aromatic heterocycles. The number of fused-ring (bicyclic) bond motifs is 1. The van der Waals surface area contributed by atoms with Gasteiger partial charge in [-0.05, 0) is 31.9 Å². The van der Waals surface area contributed by atoms with Crippen LogP contribution in [0, 0.1) is 13.8 Å². The van der Waals surface area contributed by atoms with Gasteiger partial charge in [-0.3, -0.25) is 0 Å². The van der Waals surface area contributed by atoms with E-state index in [0.29, 0.717) is 5.95 Å². The van der Waals surface area contributed by atoms with E-state index in [4.69, 9.17) is 0 Å². The highest BCUT2D eigenvalue weighted by atomic mass is 15.2. The number of aromatic amines is 1. The molecule has 0 saturated heterocycles. The first-order chi connectivity index (χ1) is 9.74. The Morgan fingerprint density at radius 2 is 1.95 bits per heavy atom. The lowest BCUT2D eigenvalue weighted by molar-refractivity contribution is 0.879. The van der Waals surface area contributed by atoms with Gasteiger partial charge in [0, 0.05) is 23.6 Å². The van der Waals surface area contributed by atoms with Crippen LogP contribution < -0.4 is 5.32 Å². The second kappa shape index (κ2) is 5.28. The summed E-state index contributed by atoms with van der Waals surface area (Å²) in [6.07, 6.45) is 2.98. The molecule has 2 heterocycles. The molecular formula is C15H17N5. The lowest BCUT2D eigenvalue weighted by Gasteiger charge is -2.05. The molecule has 0 bridgehead atoms. The molecule has 20 heavy (non-hydrogen) atoms. The molecule has 0 aliphatic heterocycles. The molecule has 0 fully saturated rings. The normalized spacial score (nSPS) is 10.9. The number of benzene rings is 1. The summed E-state index contributed by atoms with van der Waals surface area (Å²) < 4.78 is 0. The number of aromatic nitrogens is 4. The van der Waals surface area contributed by atoms with Crippen LogP contribution in [0.15, 0.2) is 30.5 Å². The number of hydrogen-bond donors (Lipinski definition) is 2. The van der Waals surface area contributed by atoms with E-state index in [0.717, 1.165) is 24.4 Å². The quantitative estimate of drug-likeness (QED) is 0.762. The predicted octanol–water partition coefficient (Wildman–Crippen LogP) is 2.62. The molecular weight excluding hydrogens is 250 g/mol. The minimum absolute atomic E-state index is 0.591. The van der Waals surface area contributed by atoms with Gasteiger partial charge in [0.05, 0.1) is 11.4 Å². The molecule has 2 N–H and O–H groups in total. The molecule has 0 spiro atoms. The van der Waals surface area contributed by atoms with Crippen molar-refractivity contribution in [1.82, 2.24) is 20.2 Å². The second-order valence-corrected chi connectivity index (χ2v) is 4.84. The van der Waals surface area contributed by atoms with Gasteiger partial charge in [-0.1, -0.05) is 18.2 Å². The summed E-state index contributed by atoms with van der Waals surface area (Å²) in [6.45, 7) is 4.63. The van der Waals surface area contributed by atoms with Crippen LogP contribution in [0.4, 0.5) is 5.95 Å². The monoisotopic (exact) mass is 267 g/mol. The van der Waals surface area contributed by atoms with Crippen molar-refractivity contribution in [3.8, 4) is 0 Å². The first kappa shape index (κ1) is 12.6. The third-order valence-electron chi connectivity index (χ3n) is 3.44. The standard InChI is InChI=1S/C15H17N5/c1-10-11(2)19-20-15(18-10)16-8-7-12-9-17-14-6-4-3-5-13(12)14/h3-6,9,17H,7-8H2,1-2H3,(H,16,18,20). The molecule has 0 amide bonds. The number of nitrogens with zero attached hydrogens (tertiary/aromatic N) is 3. The summed E-state index contributed by atoms with van der Waals surface area (Å²) >= 11 is 0. The summed E-state index contributed by atoms with van der Waals surface area (Å²) in [5.41, 5.74) is 4.25. The maximum absolute atomic E-state index is 4.36. The summed E-state index contributed by atoms with van der Waals surface area (Å²) in [5.74, 6) is 0.591. The van der Waals surface area contributed by atoms with E-state index in [9.17, 15) is 0 Å². The number of para-hydroxylation sites is 1. The Balaban J connectivity index is 1.66. The minimum Gasteiger partial charge on any atom is -0.361 e. The molecule has 102 valence electrons. The highest BCUT2D eigenvalue weighted by molar-refractivity contribution is 5.83. The van der Waals surface area contributed by atoms with E-state index in [-0.39, 0.29) is 0 Å². The Bertz CT molecular complexity index is 732. The summed E-state index contributed by atoms with van der Waals surface area (Å²) in [4.78, 5) is 7.64. The van der Waals surface area contributed by atoms with Crippen molar-refractivity contribution in [1.29, 1.82) is 0 Å². The molecule has 5 nitrogen and oxygen atoms in total. The lowest BCUT2D eigenvalue weighted by atomic mass is 10.1. The molecule has 0 atom stereocenters. The maximum Gasteiger partial charge on any atom is 0.242 e. The first-order valence-corrected chi connectivity index (χ1v) is 6.71. The lowest BCUT2D eigenvalue weighted by Crippen LogP contribution is -2.10. The van der Waals surface area contributed by atoms with E-state index in [2.05, 4.69) is 49.9 Å². The second-order valence-electron chi connectivity index (χ2n) is 4.84. The molecule has 0 saturated carbocycles. The van der Waals surface area contributed by atoms with Crippen LogP contribution in [0.5, 0.6) is 0 Å². The Labute approximate surface area is 117 Å². The van der Waals surface area contributed by atoms with Crippen LogP contribution in [0.2, 0.25) is 0 Å². The number of H-pyrrole nitrogens is 1. The average Bonchev–Trinajstić information content (AvgIpc) is 2.86. The Kier molecular flexibility index (Phi) is 3.33. The molecule has 0 unspecified atom stereocenters. The van der Waals surface area contributed by atoms with Gasteiger partial charge in [0.2, 0.25) is 5.95 Å². The number of anilines is 1. The SMILES string of the molecule is Cc1nnc(NCCc2c[nH]c3ccccc23)nc1C. The fraction of sp³-hybridized carbons (Fsp3) is 0.267. The van der Waals surface area contributed by atoms with Crippen LogP contribution in [0.1, 0.15) is 17.0 Å². The number of nitrogens with one attached hydrogen (secondary N) is 2. The predicted molar refractivity (Wildman–Crippen MR) is 79.8 cm³/mol. The van der Waals surface area contributed by atoms with Gasteiger partial charge in [-0.15, -0.1) is 5.10 Å². The van der Waals surface area contributed by atoms with Crippen molar-refractivity contribution in [3.63, 3.8) is 0 Å². The fourth-order valence-corrected chi connectivity index (χ4v) is 2.18. The van der Waals surface area contributed by atoms with Crippen LogP contribution in [0.3, 0.4) is 0 Å². The Morgan fingerprint density at radius 3 is 2.80 bits per heavy atom. The van der Waals surface area contributed by atoms with Crippen molar-refractivity contribution in [3.05, 3.63) is 47.4 Å². The molecule has 3 aromatic rings. The highest BCUT2D eigenvalue weighted by Crippen LogP contribution is 2.17. The van der Waals surface area contributed by atoms with Crippen molar-refractivity contribution in [2.75, 3.05) is 11.9 Å². The van der Waals surface area contributed by atoms with Gasteiger partial charge < -0.3 is 10.3 Å². The topological polar surface area (TPSA) is 66.5 Å². The first-order valence-electron chi connectivity index (χ1n) is 6.71. The zero-order chi connectivity index (χ0) is 13.9. The summed E-state index contributed by atoms with van der Waals surface area (Å²) in [6, 6.07) is 8.32. The van der Waals surface area contributed by atoms with Crippen molar-refractivity contribution in [2.45, 2.75) is 20.3 Å². The fourth-order valence-electron chi connectivity index (χ4n) is 2.18.